The number of hydrogen-bond donors (Lipinski definition) is 2. The average Bonchev–Trinajstić information content (AvgIpc) is 2.86. The summed E-state index contributed by atoms with van der Waals surface area (Å²) in [5.74, 6) is 0.331. The van der Waals surface area contributed by atoms with E-state index in [0.29, 0.717) is 5.92 Å². The molecule has 1 atom stereocenters. The molecule has 3 aromatic rings. The van der Waals surface area contributed by atoms with Crippen LogP contribution in [0.15, 0.2) is 42.5 Å². The first-order valence-electron chi connectivity index (χ1n) is 7.43. The van der Waals surface area contributed by atoms with Crippen LogP contribution in [0.25, 0.3) is 21.8 Å². The Morgan fingerprint density at radius 3 is 2.40 bits per heavy atom. The van der Waals surface area contributed by atoms with Crippen molar-refractivity contribution < 1.29 is 5.11 Å². The molecule has 2 aromatic carbocycles. The first-order valence-corrected chi connectivity index (χ1v) is 7.43. The molecule has 0 aliphatic rings. The molecule has 1 aromatic heterocycles. The highest BCUT2D eigenvalue weighted by Gasteiger charge is 2.18. The monoisotopic (exact) mass is 267 g/mol. The van der Waals surface area contributed by atoms with Gasteiger partial charge in [-0.3, -0.25) is 0 Å². The number of fused-ring (bicyclic) bond motifs is 3. The van der Waals surface area contributed by atoms with Crippen LogP contribution < -0.4 is 0 Å². The van der Waals surface area contributed by atoms with Gasteiger partial charge in [0.05, 0.1) is 6.10 Å². The molecule has 0 fully saturated rings. The molecular formula is C18H21NO. The lowest BCUT2D eigenvalue weighted by Gasteiger charge is -2.20. The molecule has 0 radical (unpaired) electrons. The van der Waals surface area contributed by atoms with Crippen LogP contribution in [0, 0.1) is 5.92 Å². The van der Waals surface area contributed by atoms with Gasteiger partial charge >= 0.3 is 0 Å². The van der Waals surface area contributed by atoms with Crippen molar-refractivity contribution in [3.8, 4) is 0 Å². The molecule has 2 nitrogen and oxygen atoms in total. The molecule has 0 aliphatic heterocycles. The van der Waals surface area contributed by atoms with Crippen molar-refractivity contribution in [1.82, 2.24) is 4.98 Å². The Bertz CT molecular complexity index is 724. The molecule has 20 heavy (non-hydrogen) atoms. The number of benzene rings is 2. The molecule has 2 N–H and O–H groups in total. The highest BCUT2D eigenvalue weighted by Crippen LogP contribution is 2.32. The SMILES string of the molecule is CCC(CC)C(O)c1ccc2[nH]c3ccccc3c2c1. The highest BCUT2D eigenvalue weighted by atomic mass is 16.3. The summed E-state index contributed by atoms with van der Waals surface area (Å²) in [6, 6.07) is 14.6. The molecule has 0 amide bonds. The van der Waals surface area contributed by atoms with E-state index in [-0.39, 0.29) is 6.10 Å². The van der Waals surface area contributed by atoms with Gasteiger partial charge in [0.25, 0.3) is 0 Å². The Balaban J connectivity index is 2.12. The van der Waals surface area contributed by atoms with Gasteiger partial charge in [0, 0.05) is 21.8 Å². The number of nitrogens with one attached hydrogen (secondary N) is 1. The van der Waals surface area contributed by atoms with Gasteiger partial charge in [0.1, 0.15) is 0 Å². The van der Waals surface area contributed by atoms with E-state index in [4.69, 9.17) is 0 Å². The van der Waals surface area contributed by atoms with Crippen molar-refractivity contribution in [1.29, 1.82) is 0 Å². The van der Waals surface area contributed by atoms with Crippen LogP contribution in [0.2, 0.25) is 0 Å². The molecule has 3 rings (SSSR count). The van der Waals surface area contributed by atoms with E-state index < -0.39 is 0 Å². The summed E-state index contributed by atoms with van der Waals surface area (Å²) in [7, 11) is 0. The maximum atomic E-state index is 10.5. The van der Waals surface area contributed by atoms with Crippen molar-refractivity contribution in [2.24, 2.45) is 5.92 Å². The molecule has 1 heterocycles. The van der Waals surface area contributed by atoms with E-state index in [1.54, 1.807) is 0 Å². The zero-order valence-electron chi connectivity index (χ0n) is 12.1. The Hall–Kier alpha value is -1.80. The van der Waals surface area contributed by atoms with E-state index in [2.05, 4.69) is 49.2 Å². The smallest absolute Gasteiger partial charge is 0.0818 e. The third kappa shape index (κ3) is 2.10. The Morgan fingerprint density at radius 1 is 0.950 bits per heavy atom. The van der Waals surface area contributed by atoms with Crippen LogP contribution in [0.1, 0.15) is 38.4 Å². The number of aliphatic hydroxyl groups excluding tert-OH is 1. The standard InChI is InChI=1S/C18H21NO/c1-3-12(4-2)18(20)13-9-10-17-15(11-13)14-7-5-6-8-16(14)19-17/h5-12,18-20H,3-4H2,1-2H3. The van der Waals surface area contributed by atoms with E-state index in [1.165, 1.54) is 10.8 Å². The second-order valence-corrected chi connectivity index (χ2v) is 5.50. The minimum Gasteiger partial charge on any atom is -0.388 e. The van der Waals surface area contributed by atoms with Crippen LogP contribution in [0.4, 0.5) is 0 Å². The molecule has 1 unspecified atom stereocenters. The van der Waals surface area contributed by atoms with Crippen molar-refractivity contribution in [3.05, 3.63) is 48.0 Å². The topological polar surface area (TPSA) is 36.0 Å². The predicted octanol–water partition coefficient (Wildman–Crippen LogP) is 4.79. The predicted molar refractivity (Wildman–Crippen MR) is 84.8 cm³/mol. The fourth-order valence-corrected chi connectivity index (χ4v) is 3.06. The van der Waals surface area contributed by atoms with Gasteiger partial charge in [0.15, 0.2) is 0 Å². The summed E-state index contributed by atoms with van der Waals surface area (Å²) in [5, 5.41) is 13.0. The quantitative estimate of drug-likeness (QED) is 0.700. The highest BCUT2D eigenvalue weighted by molar-refractivity contribution is 6.07. The van der Waals surface area contributed by atoms with Gasteiger partial charge in [-0.2, -0.15) is 0 Å². The zero-order chi connectivity index (χ0) is 14.1. The maximum Gasteiger partial charge on any atom is 0.0818 e. The van der Waals surface area contributed by atoms with E-state index in [1.807, 2.05) is 12.1 Å². The van der Waals surface area contributed by atoms with Crippen molar-refractivity contribution in [2.45, 2.75) is 32.8 Å². The Labute approximate surface area is 119 Å². The third-order valence-electron chi connectivity index (χ3n) is 4.37. The van der Waals surface area contributed by atoms with Crippen molar-refractivity contribution >= 4 is 21.8 Å². The van der Waals surface area contributed by atoms with Gasteiger partial charge in [-0.05, 0) is 29.7 Å². The molecule has 0 saturated carbocycles. The number of aromatic nitrogens is 1. The summed E-state index contributed by atoms with van der Waals surface area (Å²) in [6.07, 6.45) is 1.63. The summed E-state index contributed by atoms with van der Waals surface area (Å²) in [4.78, 5) is 3.42. The van der Waals surface area contributed by atoms with Crippen LogP contribution in [0.5, 0.6) is 0 Å². The molecular weight excluding hydrogens is 246 g/mol. The number of aromatic amines is 1. The fourth-order valence-electron chi connectivity index (χ4n) is 3.06. The van der Waals surface area contributed by atoms with Gasteiger partial charge in [0.2, 0.25) is 0 Å². The number of H-pyrrole nitrogens is 1. The second kappa shape index (κ2) is 5.29. The molecule has 0 bridgehead atoms. The summed E-state index contributed by atoms with van der Waals surface area (Å²) >= 11 is 0. The van der Waals surface area contributed by atoms with Gasteiger partial charge < -0.3 is 10.1 Å². The second-order valence-electron chi connectivity index (χ2n) is 5.50. The lowest BCUT2D eigenvalue weighted by molar-refractivity contribution is 0.103. The van der Waals surface area contributed by atoms with Crippen molar-refractivity contribution in [3.63, 3.8) is 0 Å². The third-order valence-corrected chi connectivity index (χ3v) is 4.37. The van der Waals surface area contributed by atoms with Gasteiger partial charge in [-0.15, -0.1) is 0 Å². The largest absolute Gasteiger partial charge is 0.388 e. The number of para-hydroxylation sites is 1. The zero-order valence-corrected chi connectivity index (χ0v) is 12.1. The summed E-state index contributed by atoms with van der Waals surface area (Å²) < 4.78 is 0. The van der Waals surface area contributed by atoms with Crippen LogP contribution >= 0.6 is 0 Å². The summed E-state index contributed by atoms with van der Waals surface area (Å²) in [5.41, 5.74) is 3.30. The average molecular weight is 267 g/mol. The number of hydrogen-bond acceptors (Lipinski definition) is 1. The molecule has 104 valence electrons. The van der Waals surface area contributed by atoms with E-state index in [0.717, 1.165) is 29.4 Å². The first-order chi connectivity index (χ1) is 9.74. The minimum absolute atomic E-state index is 0.331. The lowest BCUT2D eigenvalue weighted by Crippen LogP contribution is -2.10. The van der Waals surface area contributed by atoms with Crippen LogP contribution in [-0.2, 0) is 0 Å². The van der Waals surface area contributed by atoms with E-state index >= 15 is 0 Å². The Morgan fingerprint density at radius 2 is 1.65 bits per heavy atom. The van der Waals surface area contributed by atoms with Gasteiger partial charge in [-0.25, -0.2) is 0 Å². The van der Waals surface area contributed by atoms with E-state index in [9.17, 15) is 5.11 Å². The number of rotatable bonds is 4. The molecule has 2 heteroatoms. The van der Waals surface area contributed by atoms with Gasteiger partial charge in [-0.1, -0.05) is 51.0 Å². The lowest BCUT2D eigenvalue weighted by atomic mass is 9.91. The maximum absolute atomic E-state index is 10.5. The Kier molecular flexibility index (Phi) is 3.49. The minimum atomic E-state index is -0.372. The summed E-state index contributed by atoms with van der Waals surface area (Å²) in [6.45, 7) is 4.28. The van der Waals surface area contributed by atoms with Crippen LogP contribution in [-0.4, -0.2) is 10.1 Å². The number of aliphatic hydroxyl groups is 1. The fraction of sp³-hybridized carbons (Fsp3) is 0.333. The molecule has 0 spiro atoms. The van der Waals surface area contributed by atoms with Crippen LogP contribution in [0.3, 0.4) is 0 Å². The first kappa shape index (κ1) is 13.2. The van der Waals surface area contributed by atoms with Crippen molar-refractivity contribution in [2.75, 3.05) is 0 Å². The molecule has 0 aliphatic carbocycles. The normalized spacial score (nSPS) is 13.4. The molecule has 0 saturated heterocycles.